The van der Waals surface area contributed by atoms with Crippen molar-refractivity contribution in [2.75, 3.05) is 0 Å². The summed E-state index contributed by atoms with van der Waals surface area (Å²) >= 11 is 0. The van der Waals surface area contributed by atoms with Gasteiger partial charge >= 0.3 is 0 Å². The third kappa shape index (κ3) is 2.22. The Morgan fingerprint density at radius 3 is 2.72 bits per heavy atom. The Morgan fingerprint density at radius 1 is 1.39 bits per heavy atom. The molecule has 2 aliphatic rings. The molecule has 3 atom stereocenters. The zero-order valence-electron chi connectivity index (χ0n) is 12.3. The van der Waals surface area contributed by atoms with Crippen molar-refractivity contribution in [3.8, 4) is 0 Å². The number of amides is 1. The molecule has 0 unspecified atom stereocenters. The van der Waals surface area contributed by atoms with Crippen LogP contribution >= 0.6 is 0 Å². The van der Waals surface area contributed by atoms with Crippen LogP contribution in [-0.2, 0) is 4.79 Å². The summed E-state index contributed by atoms with van der Waals surface area (Å²) in [4.78, 5) is 10.9. The van der Waals surface area contributed by atoms with E-state index in [0.717, 1.165) is 19.3 Å². The number of hydrogen-bond acceptors (Lipinski definition) is 1. The number of carbonyl (C=O) groups excluding carboxylic acids is 1. The fourth-order valence-electron chi connectivity index (χ4n) is 4.16. The van der Waals surface area contributed by atoms with Crippen LogP contribution < -0.4 is 5.32 Å². The van der Waals surface area contributed by atoms with Crippen molar-refractivity contribution < 1.29 is 4.79 Å². The summed E-state index contributed by atoms with van der Waals surface area (Å²) in [5.74, 6) is 1.23. The Bertz CT molecular complexity index is 360. The number of hydrogen-bond donors (Lipinski definition) is 1. The molecule has 2 nitrogen and oxygen atoms in total. The molecule has 0 bridgehead atoms. The Labute approximate surface area is 111 Å². The van der Waals surface area contributed by atoms with Gasteiger partial charge in [-0.2, -0.15) is 0 Å². The minimum atomic E-state index is -0.0108. The van der Waals surface area contributed by atoms with E-state index in [9.17, 15) is 4.79 Å². The van der Waals surface area contributed by atoms with Gasteiger partial charge in [0, 0.05) is 5.54 Å². The first-order valence-corrected chi connectivity index (χ1v) is 7.31. The molecule has 1 saturated carbocycles. The fourth-order valence-corrected chi connectivity index (χ4v) is 4.16. The molecule has 1 N–H and O–H groups in total. The lowest BCUT2D eigenvalue weighted by molar-refractivity contribution is -0.113. The standard InChI is InChI=1S/C16H27NO/c1-12(2)13-6-9-15(3)7-5-8-16(4,17-11-18)14(15)10-13/h6,11-12,14H,5,7-10H2,1-4H3,(H,17,18)/t14-,15-,16-/m1/s1. The van der Waals surface area contributed by atoms with Gasteiger partial charge in [-0.05, 0) is 49.9 Å². The quantitative estimate of drug-likeness (QED) is 0.600. The van der Waals surface area contributed by atoms with Gasteiger partial charge in [-0.1, -0.05) is 38.8 Å². The molecule has 0 saturated heterocycles. The Hall–Kier alpha value is -0.790. The summed E-state index contributed by atoms with van der Waals surface area (Å²) < 4.78 is 0. The zero-order valence-corrected chi connectivity index (χ0v) is 12.3. The van der Waals surface area contributed by atoms with Gasteiger partial charge in [-0.3, -0.25) is 4.79 Å². The predicted octanol–water partition coefficient (Wildman–Crippen LogP) is 3.67. The lowest BCUT2D eigenvalue weighted by Crippen LogP contribution is -2.57. The summed E-state index contributed by atoms with van der Waals surface area (Å²) in [7, 11) is 0. The van der Waals surface area contributed by atoms with Crippen LogP contribution in [0.1, 0.15) is 59.8 Å². The number of nitrogens with one attached hydrogen (secondary N) is 1. The van der Waals surface area contributed by atoms with E-state index < -0.39 is 0 Å². The highest BCUT2D eigenvalue weighted by atomic mass is 16.1. The molecule has 1 amide bonds. The molecule has 1 fully saturated rings. The normalized spacial score (nSPS) is 40.1. The van der Waals surface area contributed by atoms with Gasteiger partial charge in [0.25, 0.3) is 0 Å². The summed E-state index contributed by atoms with van der Waals surface area (Å²) in [6.07, 6.45) is 9.36. The molecule has 0 aromatic rings. The monoisotopic (exact) mass is 249 g/mol. The second-order valence-electron chi connectivity index (χ2n) is 7.08. The minimum absolute atomic E-state index is 0.0108. The first kappa shape index (κ1) is 13.6. The number of carbonyl (C=O) groups is 1. The molecule has 18 heavy (non-hydrogen) atoms. The van der Waals surface area contributed by atoms with E-state index in [4.69, 9.17) is 0 Å². The molecular formula is C16H27NO. The molecule has 2 rings (SSSR count). The van der Waals surface area contributed by atoms with Crippen molar-refractivity contribution in [2.24, 2.45) is 17.3 Å². The van der Waals surface area contributed by atoms with Crippen LogP contribution in [-0.4, -0.2) is 11.9 Å². The van der Waals surface area contributed by atoms with E-state index in [1.54, 1.807) is 5.57 Å². The van der Waals surface area contributed by atoms with Crippen LogP contribution in [0.15, 0.2) is 11.6 Å². The van der Waals surface area contributed by atoms with Crippen LogP contribution in [0.5, 0.6) is 0 Å². The minimum Gasteiger partial charge on any atom is -0.353 e. The molecule has 0 aromatic heterocycles. The van der Waals surface area contributed by atoms with E-state index in [0.29, 0.717) is 17.3 Å². The fraction of sp³-hybridized carbons (Fsp3) is 0.812. The van der Waals surface area contributed by atoms with Crippen LogP contribution in [0.3, 0.4) is 0 Å². The molecule has 0 spiro atoms. The van der Waals surface area contributed by atoms with Gasteiger partial charge in [0.15, 0.2) is 0 Å². The first-order chi connectivity index (χ1) is 8.41. The maximum Gasteiger partial charge on any atom is 0.207 e. The van der Waals surface area contributed by atoms with Gasteiger partial charge in [-0.15, -0.1) is 0 Å². The predicted molar refractivity (Wildman–Crippen MR) is 75.2 cm³/mol. The Balaban J connectivity index is 2.29. The Morgan fingerprint density at radius 2 is 2.11 bits per heavy atom. The highest BCUT2D eigenvalue weighted by Crippen LogP contribution is 2.54. The number of fused-ring (bicyclic) bond motifs is 1. The topological polar surface area (TPSA) is 29.1 Å². The maximum absolute atomic E-state index is 10.9. The average molecular weight is 249 g/mol. The molecular weight excluding hydrogens is 222 g/mol. The second-order valence-corrected chi connectivity index (χ2v) is 7.08. The molecule has 0 aliphatic heterocycles. The van der Waals surface area contributed by atoms with Crippen molar-refractivity contribution >= 4 is 6.41 Å². The van der Waals surface area contributed by atoms with Crippen molar-refractivity contribution in [1.82, 2.24) is 5.32 Å². The molecule has 0 radical (unpaired) electrons. The highest BCUT2D eigenvalue weighted by molar-refractivity contribution is 5.48. The largest absolute Gasteiger partial charge is 0.353 e. The van der Waals surface area contributed by atoms with Crippen LogP contribution in [0.2, 0.25) is 0 Å². The van der Waals surface area contributed by atoms with Crippen molar-refractivity contribution in [3.05, 3.63) is 11.6 Å². The van der Waals surface area contributed by atoms with Crippen molar-refractivity contribution in [1.29, 1.82) is 0 Å². The van der Waals surface area contributed by atoms with Gasteiger partial charge < -0.3 is 5.32 Å². The van der Waals surface area contributed by atoms with Crippen LogP contribution in [0.25, 0.3) is 0 Å². The van der Waals surface area contributed by atoms with E-state index in [1.807, 2.05) is 0 Å². The SMILES string of the molecule is CC(C)C1=CC[C@@]2(C)CCC[C@@](C)(NC=O)[C@@H]2C1. The lowest BCUT2D eigenvalue weighted by Gasteiger charge is -2.54. The lowest BCUT2D eigenvalue weighted by atomic mass is 9.54. The third-order valence-corrected chi connectivity index (χ3v) is 5.45. The van der Waals surface area contributed by atoms with Crippen LogP contribution in [0.4, 0.5) is 0 Å². The van der Waals surface area contributed by atoms with E-state index >= 15 is 0 Å². The zero-order chi connectivity index (χ0) is 13.4. The van der Waals surface area contributed by atoms with Crippen molar-refractivity contribution in [2.45, 2.75) is 65.3 Å². The van der Waals surface area contributed by atoms with Gasteiger partial charge in [0.2, 0.25) is 6.41 Å². The second kappa shape index (κ2) is 4.71. The van der Waals surface area contributed by atoms with Gasteiger partial charge in [-0.25, -0.2) is 0 Å². The molecule has 102 valence electrons. The molecule has 0 heterocycles. The number of allylic oxidation sites excluding steroid dienone is 2. The van der Waals surface area contributed by atoms with Gasteiger partial charge in [0.1, 0.15) is 0 Å². The maximum atomic E-state index is 10.9. The Kier molecular flexibility index (Phi) is 3.57. The smallest absolute Gasteiger partial charge is 0.207 e. The number of rotatable bonds is 3. The van der Waals surface area contributed by atoms with Gasteiger partial charge in [0.05, 0.1) is 0 Å². The average Bonchev–Trinajstić information content (AvgIpc) is 2.28. The molecule has 2 heteroatoms. The van der Waals surface area contributed by atoms with Crippen molar-refractivity contribution in [3.63, 3.8) is 0 Å². The summed E-state index contributed by atoms with van der Waals surface area (Å²) in [5.41, 5.74) is 1.95. The third-order valence-electron chi connectivity index (χ3n) is 5.45. The van der Waals surface area contributed by atoms with Crippen LogP contribution in [0, 0.1) is 17.3 Å². The van der Waals surface area contributed by atoms with E-state index in [1.165, 1.54) is 19.3 Å². The molecule has 0 aromatic carbocycles. The highest BCUT2D eigenvalue weighted by Gasteiger charge is 2.49. The molecule has 2 aliphatic carbocycles. The first-order valence-electron chi connectivity index (χ1n) is 7.31. The summed E-state index contributed by atoms with van der Waals surface area (Å²) in [5, 5.41) is 3.14. The summed E-state index contributed by atoms with van der Waals surface area (Å²) in [6, 6.07) is 0. The summed E-state index contributed by atoms with van der Waals surface area (Å²) in [6.45, 7) is 9.21. The van der Waals surface area contributed by atoms with E-state index in [2.05, 4.69) is 39.1 Å². The van der Waals surface area contributed by atoms with E-state index in [-0.39, 0.29) is 5.54 Å².